The Bertz CT molecular complexity index is 2280. The molecule has 43 heavy (non-hydrogen) atoms. The molecule has 0 saturated heterocycles. The fraction of sp³-hybridized carbons (Fsp3) is 0. The fourth-order valence-electron chi connectivity index (χ4n) is 7.00. The smallest absolute Gasteiger partial charge is 0.145 e. The van der Waals surface area contributed by atoms with Crippen molar-refractivity contribution in [3.8, 4) is 61.3 Å². The minimum Gasteiger partial charge on any atom is -0.294 e. The van der Waals surface area contributed by atoms with Gasteiger partial charge in [-0.15, -0.1) is 0 Å². The number of para-hydroxylation sites is 1. The van der Waals surface area contributed by atoms with Crippen molar-refractivity contribution in [3.05, 3.63) is 158 Å². The average Bonchev–Trinajstić information content (AvgIpc) is 3.42. The Balaban J connectivity index is 1.28. The zero-order valence-corrected chi connectivity index (χ0v) is 23.4. The number of aromatic nitrogens is 2. The molecule has 1 aliphatic carbocycles. The van der Waals surface area contributed by atoms with Gasteiger partial charge in [0.15, 0.2) is 0 Å². The lowest BCUT2D eigenvalue weighted by atomic mass is 9.78. The number of fused-ring (bicyclic) bond motifs is 11. The van der Waals surface area contributed by atoms with Crippen LogP contribution < -0.4 is 0 Å². The van der Waals surface area contributed by atoms with Crippen LogP contribution in [0.4, 0.5) is 0 Å². The van der Waals surface area contributed by atoms with Gasteiger partial charge in [-0.3, -0.25) is 4.57 Å². The lowest BCUT2D eigenvalue weighted by Crippen LogP contribution is -1.99. The first-order valence-electron chi connectivity index (χ1n) is 14.7. The SMILES string of the molecule is c1ccc2c(c1)-c1ccccc1-c1cccc(-c3ccc(-n4c5ccccc5c5cccnc54)cc3)c1-c1ccccc1-2. The maximum atomic E-state index is 4.78. The summed E-state index contributed by atoms with van der Waals surface area (Å²) >= 11 is 0. The molecule has 2 heteroatoms. The summed E-state index contributed by atoms with van der Waals surface area (Å²) in [5.41, 5.74) is 15.8. The Labute approximate surface area is 250 Å². The van der Waals surface area contributed by atoms with Gasteiger partial charge < -0.3 is 0 Å². The van der Waals surface area contributed by atoms with Crippen molar-refractivity contribution in [2.24, 2.45) is 0 Å². The number of hydrogen-bond acceptors (Lipinski definition) is 1. The fourth-order valence-corrected chi connectivity index (χ4v) is 7.00. The van der Waals surface area contributed by atoms with Gasteiger partial charge in [0.05, 0.1) is 5.52 Å². The summed E-state index contributed by atoms with van der Waals surface area (Å²) in [4.78, 5) is 4.78. The third-order valence-corrected chi connectivity index (χ3v) is 8.86. The van der Waals surface area contributed by atoms with Crippen LogP contribution >= 0.6 is 0 Å². The minimum atomic E-state index is 0.977. The number of hydrogen-bond donors (Lipinski definition) is 0. The van der Waals surface area contributed by atoms with Crippen LogP contribution in [0.2, 0.25) is 0 Å². The molecule has 0 aliphatic heterocycles. The molecule has 0 bridgehead atoms. The molecule has 9 rings (SSSR count). The molecule has 2 aromatic heterocycles. The van der Waals surface area contributed by atoms with Crippen molar-refractivity contribution in [1.29, 1.82) is 0 Å². The van der Waals surface area contributed by atoms with Gasteiger partial charge in [-0.2, -0.15) is 0 Å². The molecule has 0 spiro atoms. The highest BCUT2D eigenvalue weighted by molar-refractivity contribution is 6.08. The Kier molecular flexibility index (Phi) is 5.23. The maximum absolute atomic E-state index is 4.78. The van der Waals surface area contributed by atoms with Crippen molar-refractivity contribution in [2.75, 3.05) is 0 Å². The van der Waals surface area contributed by atoms with Gasteiger partial charge in [0.2, 0.25) is 0 Å². The zero-order chi connectivity index (χ0) is 28.3. The Morgan fingerprint density at radius 1 is 0.372 bits per heavy atom. The second kappa shape index (κ2) is 9.40. The van der Waals surface area contributed by atoms with E-state index >= 15 is 0 Å². The van der Waals surface area contributed by atoms with Crippen molar-refractivity contribution < 1.29 is 0 Å². The molecule has 0 atom stereocenters. The van der Waals surface area contributed by atoms with Crippen LogP contribution in [0, 0.1) is 0 Å². The summed E-state index contributed by atoms with van der Waals surface area (Å²) in [6, 6.07) is 54.9. The van der Waals surface area contributed by atoms with Gasteiger partial charge in [-0.05, 0) is 86.0 Å². The van der Waals surface area contributed by atoms with E-state index in [1.54, 1.807) is 0 Å². The molecule has 0 unspecified atom stereocenters. The van der Waals surface area contributed by atoms with E-state index in [0.717, 1.165) is 16.9 Å². The van der Waals surface area contributed by atoms with Crippen LogP contribution in [0.5, 0.6) is 0 Å². The highest BCUT2D eigenvalue weighted by Gasteiger charge is 2.23. The summed E-state index contributed by atoms with van der Waals surface area (Å²) in [6.07, 6.45) is 1.88. The lowest BCUT2D eigenvalue weighted by molar-refractivity contribution is 1.14. The predicted octanol–water partition coefficient (Wildman–Crippen LogP) is 10.8. The van der Waals surface area contributed by atoms with E-state index in [1.165, 1.54) is 66.4 Å². The number of nitrogens with zero attached hydrogens (tertiary/aromatic N) is 2. The molecule has 6 aromatic carbocycles. The first-order chi connectivity index (χ1) is 21.4. The van der Waals surface area contributed by atoms with Crippen LogP contribution in [0.25, 0.3) is 83.3 Å². The molecule has 8 aromatic rings. The second-order valence-corrected chi connectivity index (χ2v) is 11.1. The molecular weight excluding hydrogens is 520 g/mol. The topological polar surface area (TPSA) is 17.8 Å². The van der Waals surface area contributed by atoms with Crippen molar-refractivity contribution >= 4 is 21.9 Å². The average molecular weight is 547 g/mol. The van der Waals surface area contributed by atoms with Gasteiger partial charge in [0.1, 0.15) is 5.65 Å². The molecule has 2 nitrogen and oxygen atoms in total. The number of rotatable bonds is 2. The highest BCUT2D eigenvalue weighted by atomic mass is 15.0. The summed E-state index contributed by atoms with van der Waals surface area (Å²) in [7, 11) is 0. The molecule has 0 saturated carbocycles. The first kappa shape index (κ1) is 23.9. The maximum Gasteiger partial charge on any atom is 0.145 e. The molecule has 0 amide bonds. The molecular formula is C41H26N2. The van der Waals surface area contributed by atoms with Gasteiger partial charge in [0.25, 0.3) is 0 Å². The zero-order valence-electron chi connectivity index (χ0n) is 23.4. The van der Waals surface area contributed by atoms with E-state index in [0.29, 0.717) is 0 Å². The van der Waals surface area contributed by atoms with Crippen LogP contribution in [-0.4, -0.2) is 9.55 Å². The molecule has 0 radical (unpaired) electrons. The van der Waals surface area contributed by atoms with E-state index in [2.05, 4.69) is 150 Å². The summed E-state index contributed by atoms with van der Waals surface area (Å²) < 4.78 is 2.27. The monoisotopic (exact) mass is 546 g/mol. The van der Waals surface area contributed by atoms with Crippen LogP contribution in [-0.2, 0) is 0 Å². The normalized spacial score (nSPS) is 11.7. The minimum absolute atomic E-state index is 0.977. The van der Waals surface area contributed by atoms with Gasteiger partial charge >= 0.3 is 0 Å². The third kappa shape index (κ3) is 3.57. The Hall–Kier alpha value is -5.73. The Morgan fingerprint density at radius 2 is 0.884 bits per heavy atom. The summed E-state index contributed by atoms with van der Waals surface area (Å²) in [5, 5.41) is 2.39. The molecule has 0 fully saturated rings. The Morgan fingerprint density at radius 3 is 1.58 bits per heavy atom. The summed E-state index contributed by atoms with van der Waals surface area (Å²) in [5.74, 6) is 0. The van der Waals surface area contributed by atoms with Crippen molar-refractivity contribution in [2.45, 2.75) is 0 Å². The van der Waals surface area contributed by atoms with E-state index in [9.17, 15) is 0 Å². The standard InChI is InChI=1S/C41H26N2/c1-2-12-31-30(11-1)32-13-3-4-14-34(32)37-19-9-18-29(40(37)36-17-6-5-15-33(31)36)27-22-24-28(25-23-27)43-39-21-8-7-16-35(39)38-20-10-26-42-41(38)43/h1-26H. The van der Waals surface area contributed by atoms with Gasteiger partial charge in [0, 0.05) is 22.7 Å². The number of benzene rings is 6. The first-order valence-corrected chi connectivity index (χ1v) is 14.7. The van der Waals surface area contributed by atoms with Gasteiger partial charge in [-0.25, -0.2) is 4.98 Å². The summed E-state index contributed by atoms with van der Waals surface area (Å²) in [6.45, 7) is 0. The van der Waals surface area contributed by atoms with E-state index in [1.807, 2.05) is 12.3 Å². The molecule has 0 N–H and O–H groups in total. The highest BCUT2D eigenvalue weighted by Crippen LogP contribution is 2.50. The second-order valence-electron chi connectivity index (χ2n) is 11.1. The molecule has 1 aliphatic rings. The van der Waals surface area contributed by atoms with Crippen LogP contribution in [0.15, 0.2) is 158 Å². The van der Waals surface area contributed by atoms with Crippen LogP contribution in [0.1, 0.15) is 0 Å². The van der Waals surface area contributed by atoms with Crippen molar-refractivity contribution in [1.82, 2.24) is 9.55 Å². The van der Waals surface area contributed by atoms with Crippen molar-refractivity contribution in [3.63, 3.8) is 0 Å². The third-order valence-electron chi connectivity index (χ3n) is 8.86. The quantitative estimate of drug-likeness (QED) is 0.211. The largest absolute Gasteiger partial charge is 0.294 e. The molecule has 2 heterocycles. The van der Waals surface area contributed by atoms with E-state index < -0.39 is 0 Å². The lowest BCUT2D eigenvalue weighted by Gasteiger charge is -2.25. The number of pyridine rings is 1. The van der Waals surface area contributed by atoms with Gasteiger partial charge in [-0.1, -0.05) is 121 Å². The predicted molar refractivity (Wildman–Crippen MR) is 179 cm³/mol. The van der Waals surface area contributed by atoms with E-state index in [-0.39, 0.29) is 0 Å². The van der Waals surface area contributed by atoms with Crippen LogP contribution in [0.3, 0.4) is 0 Å². The van der Waals surface area contributed by atoms with E-state index in [4.69, 9.17) is 4.98 Å². The molecule has 200 valence electrons.